The molecule has 0 fully saturated rings. The lowest BCUT2D eigenvalue weighted by Gasteiger charge is -2.18. The van der Waals surface area contributed by atoms with Crippen LogP contribution in [0.4, 0.5) is 13.2 Å². The first-order valence-electron chi connectivity index (χ1n) is 20.0. The number of halogens is 3. The van der Waals surface area contributed by atoms with E-state index in [2.05, 4.69) is 136 Å². The Balaban J connectivity index is 1.16. The van der Waals surface area contributed by atoms with E-state index in [1.807, 2.05) is 42.5 Å². The van der Waals surface area contributed by atoms with E-state index in [1.54, 1.807) is 16.7 Å². The first-order valence-corrected chi connectivity index (χ1v) is 20.0. The Bertz CT molecular complexity index is 3320. The molecule has 0 saturated heterocycles. The van der Waals surface area contributed by atoms with Crippen LogP contribution >= 0.6 is 0 Å². The molecule has 0 atom stereocenters. The van der Waals surface area contributed by atoms with Gasteiger partial charge >= 0.3 is 6.18 Å². The Hall–Kier alpha value is -6.85. The summed E-state index contributed by atoms with van der Waals surface area (Å²) in [4.78, 5) is 0. The predicted octanol–water partition coefficient (Wildman–Crippen LogP) is 15.4. The van der Waals surface area contributed by atoms with Crippen molar-refractivity contribution in [2.24, 2.45) is 0 Å². The first kappa shape index (κ1) is 36.5. The zero-order valence-corrected chi connectivity index (χ0v) is 33.5. The molecule has 0 unspecified atom stereocenters. The molecular formula is C54H41F3N2. The van der Waals surface area contributed by atoms with Crippen LogP contribution in [-0.4, -0.2) is 9.13 Å². The number of para-hydroxylation sites is 2. The van der Waals surface area contributed by atoms with Gasteiger partial charge in [0.25, 0.3) is 0 Å². The molecule has 2 nitrogen and oxygen atoms in total. The van der Waals surface area contributed by atoms with E-state index in [0.29, 0.717) is 5.56 Å². The lowest BCUT2D eigenvalue weighted by Crippen LogP contribution is -2.11. The Morgan fingerprint density at radius 1 is 0.356 bits per heavy atom. The lowest BCUT2D eigenvalue weighted by molar-refractivity contribution is -0.137. The van der Waals surface area contributed by atoms with E-state index in [-0.39, 0.29) is 5.69 Å². The third-order valence-electron chi connectivity index (χ3n) is 12.1. The van der Waals surface area contributed by atoms with E-state index >= 15 is 13.2 Å². The second kappa shape index (κ2) is 13.6. The standard InChI is InChI=1S/C54H41F3N2/c1-32-14-21-41(35(4)26-32)39-19-24-50-45(28-39)43-10-6-8-12-48(43)58(50)52-30-37(17-16-34(52)3)38-18-23-47(54(55,56)57)53(31-38)59-49-13-9-7-11-44(49)46-29-40(20-25-51(46)59)42-22-15-33(2)27-36(42)5/h6-31H,1-5H3. The summed E-state index contributed by atoms with van der Waals surface area (Å²) in [5, 5.41) is 4.09. The Labute approximate surface area is 341 Å². The van der Waals surface area contributed by atoms with Gasteiger partial charge in [-0.2, -0.15) is 13.2 Å². The summed E-state index contributed by atoms with van der Waals surface area (Å²) in [5.74, 6) is 0. The number of aromatic nitrogens is 2. The molecule has 0 aliphatic rings. The van der Waals surface area contributed by atoms with Gasteiger partial charge in [0, 0.05) is 27.2 Å². The topological polar surface area (TPSA) is 9.86 Å². The quantitative estimate of drug-likeness (QED) is 0.165. The van der Waals surface area contributed by atoms with Gasteiger partial charge in [-0.3, -0.25) is 0 Å². The number of hydrogen-bond donors (Lipinski definition) is 0. The van der Waals surface area contributed by atoms with Crippen LogP contribution in [0.2, 0.25) is 0 Å². The molecule has 59 heavy (non-hydrogen) atoms. The summed E-state index contributed by atoms with van der Waals surface area (Å²) in [5.41, 5.74) is 15.9. The smallest absolute Gasteiger partial charge is 0.309 e. The van der Waals surface area contributed by atoms with Gasteiger partial charge in [-0.1, -0.05) is 114 Å². The van der Waals surface area contributed by atoms with Gasteiger partial charge in [-0.05, 0) is 139 Å². The van der Waals surface area contributed by atoms with Crippen LogP contribution in [0, 0.1) is 34.6 Å². The van der Waals surface area contributed by atoms with Crippen molar-refractivity contribution in [3.8, 4) is 44.8 Å². The van der Waals surface area contributed by atoms with Gasteiger partial charge in [-0.25, -0.2) is 0 Å². The molecule has 10 aromatic rings. The number of rotatable bonds is 5. The number of benzene rings is 8. The van der Waals surface area contributed by atoms with Crippen LogP contribution in [0.3, 0.4) is 0 Å². The maximum absolute atomic E-state index is 15.1. The SMILES string of the molecule is Cc1ccc(-c2ccc3c(c2)c2ccccc2n3-c2cc(-c3ccc(C(F)(F)F)c(-n4c5ccccc5c5cc(-c6ccc(C)cc6C)ccc54)c3)ccc2C)c(C)c1. The van der Waals surface area contributed by atoms with Crippen LogP contribution in [0.5, 0.6) is 0 Å². The highest BCUT2D eigenvalue weighted by atomic mass is 19.4. The molecule has 0 radical (unpaired) electrons. The monoisotopic (exact) mass is 774 g/mol. The maximum atomic E-state index is 15.1. The highest BCUT2D eigenvalue weighted by molar-refractivity contribution is 6.12. The van der Waals surface area contributed by atoms with Gasteiger partial charge in [0.1, 0.15) is 0 Å². The van der Waals surface area contributed by atoms with E-state index in [0.717, 1.165) is 82.7 Å². The second-order valence-electron chi connectivity index (χ2n) is 16.0. The number of aryl methyl sites for hydroxylation is 5. The summed E-state index contributed by atoms with van der Waals surface area (Å²) < 4.78 is 49.4. The molecule has 0 aliphatic carbocycles. The van der Waals surface area contributed by atoms with Crippen molar-refractivity contribution < 1.29 is 13.2 Å². The third-order valence-corrected chi connectivity index (χ3v) is 12.1. The highest BCUT2D eigenvalue weighted by Crippen LogP contribution is 2.43. The molecule has 10 rings (SSSR count). The Morgan fingerprint density at radius 2 is 0.797 bits per heavy atom. The van der Waals surface area contributed by atoms with Crippen LogP contribution in [-0.2, 0) is 6.18 Å². The van der Waals surface area contributed by atoms with Crippen molar-refractivity contribution in [2.75, 3.05) is 0 Å². The molecule has 5 heteroatoms. The molecule has 2 heterocycles. The largest absolute Gasteiger partial charge is 0.418 e. The van der Waals surface area contributed by atoms with Crippen LogP contribution < -0.4 is 0 Å². The molecular weight excluding hydrogens is 734 g/mol. The molecule has 0 N–H and O–H groups in total. The minimum atomic E-state index is -4.58. The zero-order chi connectivity index (χ0) is 40.7. The van der Waals surface area contributed by atoms with Crippen molar-refractivity contribution in [2.45, 2.75) is 40.8 Å². The molecule has 8 aromatic carbocycles. The van der Waals surface area contributed by atoms with Crippen LogP contribution in [0.25, 0.3) is 88.4 Å². The molecule has 288 valence electrons. The van der Waals surface area contributed by atoms with E-state index < -0.39 is 11.7 Å². The minimum absolute atomic E-state index is 0.0957. The van der Waals surface area contributed by atoms with Crippen molar-refractivity contribution in [3.63, 3.8) is 0 Å². The molecule has 0 aliphatic heterocycles. The fourth-order valence-electron chi connectivity index (χ4n) is 9.24. The van der Waals surface area contributed by atoms with Gasteiger partial charge in [-0.15, -0.1) is 0 Å². The minimum Gasteiger partial charge on any atom is -0.309 e. The lowest BCUT2D eigenvalue weighted by atomic mass is 9.97. The van der Waals surface area contributed by atoms with Crippen molar-refractivity contribution in [3.05, 3.63) is 191 Å². The summed E-state index contributed by atoms with van der Waals surface area (Å²) in [6.45, 7) is 10.5. The van der Waals surface area contributed by atoms with E-state index in [1.165, 1.54) is 28.3 Å². The van der Waals surface area contributed by atoms with Crippen molar-refractivity contribution >= 4 is 43.6 Å². The second-order valence-corrected chi connectivity index (χ2v) is 16.0. The zero-order valence-electron chi connectivity index (χ0n) is 33.5. The van der Waals surface area contributed by atoms with Gasteiger partial charge < -0.3 is 9.13 Å². The summed E-state index contributed by atoms with van der Waals surface area (Å²) in [6.07, 6.45) is -4.58. The highest BCUT2D eigenvalue weighted by Gasteiger charge is 2.35. The average Bonchev–Trinajstić information content (AvgIpc) is 3.72. The Morgan fingerprint density at radius 3 is 1.31 bits per heavy atom. The van der Waals surface area contributed by atoms with Gasteiger partial charge in [0.15, 0.2) is 0 Å². The molecule has 2 aromatic heterocycles. The molecule has 0 saturated carbocycles. The maximum Gasteiger partial charge on any atom is 0.418 e. The summed E-state index contributed by atoms with van der Waals surface area (Å²) >= 11 is 0. The van der Waals surface area contributed by atoms with Crippen molar-refractivity contribution in [1.29, 1.82) is 0 Å². The van der Waals surface area contributed by atoms with Gasteiger partial charge in [0.05, 0.1) is 33.3 Å². The number of nitrogens with zero attached hydrogens (tertiary/aromatic N) is 2. The van der Waals surface area contributed by atoms with E-state index in [4.69, 9.17) is 0 Å². The first-order chi connectivity index (χ1) is 28.4. The number of fused-ring (bicyclic) bond motifs is 6. The molecule has 0 amide bonds. The van der Waals surface area contributed by atoms with Crippen LogP contribution in [0.1, 0.15) is 33.4 Å². The molecule has 0 bridgehead atoms. The number of alkyl halides is 3. The Kier molecular flexibility index (Phi) is 8.43. The average molecular weight is 775 g/mol. The van der Waals surface area contributed by atoms with Crippen LogP contribution in [0.15, 0.2) is 158 Å². The predicted molar refractivity (Wildman–Crippen MR) is 240 cm³/mol. The summed E-state index contributed by atoms with van der Waals surface area (Å²) in [7, 11) is 0. The van der Waals surface area contributed by atoms with Gasteiger partial charge in [0.2, 0.25) is 0 Å². The normalized spacial score (nSPS) is 12.1. The summed E-state index contributed by atoms with van der Waals surface area (Å²) in [6, 6.07) is 52.7. The third kappa shape index (κ3) is 6.03. The fourth-order valence-corrected chi connectivity index (χ4v) is 9.24. The van der Waals surface area contributed by atoms with Crippen molar-refractivity contribution in [1.82, 2.24) is 9.13 Å². The molecule has 0 spiro atoms. The number of hydrogen-bond acceptors (Lipinski definition) is 0. The fraction of sp³-hybridized carbons (Fsp3) is 0.111. The van der Waals surface area contributed by atoms with E-state index in [9.17, 15) is 0 Å².